The van der Waals surface area contributed by atoms with Gasteiger partial charge in [0.15, 0.2) is 11.5 Å². The second-order valence-corrected chi connectivity index (χ2v) is 6.70. The fourth-order valence-electron chi connectivity index (χ4n) is 3.77. The molecule has 1 saturated heterocycles. The monoisotopic (exact) mass is 340 g/mol. The number of ether oxygens (including phenoxy) is 3. The van der Waals surface area contributed by atoms with Crippen molar-refractivity contribution in [3.05, 3.63) is 53.6 Å². The number of fused-ring (bicyclic) bond motifs is 1. The van der Waals surface area contributed by atoms with E-state index in [0.29, 0.717) is 24.9 Å². The molecule has 1 fully saturated rings. The second kappa shape index (κ2) is 6.94. The number of hydrogen-bond donors (Lipinski definition) is 1. The van der Waals surface area contributed by atoms with Crippen molar-refractivity contribution in [1.29, 1.82) is 0 Å². The minimum atomic E-state index is 0.154. The number of nitrogens with zero attached hydrogens (tertiary/aromatic N) is 1. The van der Waals surface area contributed by atoms with E-state index < -0.39 is 0 Å². The highest BCUT2D eigenvalue weighted by molar-refractivity contribution is 5.54. The van der Waals surface area contributed by atoms with Crippen molar-refractivity contribution >= 4 is 0 Å². The highest BCUT2D eigenvalue weighted by Gasteiger charge is 2.31. The summed E-state index contributed by atoms with van der Waals surface area (Å²) in [5, 5.41) is 0. The van der Waals surface area contributed by atoms with Crippen LogP contribution in [0, 0.1) is 0 Å². The van der Waals surface area contributed by atoms with Crippen molar-refractivity contribution in [2.24, 2.45) is 5.73 Å². The van der Waals surface area contributed by atoms with E-state index in [9.17, 15) is 0 Å². The fourth-order valence-corrected chi connectivity index (χ4v) is 3.77. The molecule has 0 saturated carbocycles. The van der Waals surface area contributed by atoms with Gasteiger partial charge in [-0.25, -0.2) is 0 Å². The quantitative estimate of drug-likeness (QED) is 0.926. The minimum Gasteiger partial charge on any atom is -0.493 e. The van der Waals surface area contributed by atoms with Gasteiger partial charge in [0.1, 0.15) is 13.2 Å². The summed E-state index contributed by atoms with van der Waals surface area (Å²) in [7, 11) is 1.66. The molecule has 2 aromatic carbocycles. The zero-order valence-electron chi connectivity index (χ0n) is 14.5. The third-order valence-electron chi connectivity index (χ3n) is 4.96. The summed E-state index contributed by atoms with van der Waals surface area (Å²) < 4.78 is 16.9. The maximum atomic E-state index is 6.41. The molecule has 0 radical (unpaired) electrons. The molecule has 25 heavy (non-hydrogen) atoms. The fraction of sp³-hybridized carbons (Fsp3) is 0.400. The Morgan fingerprint density at radius 1 is 1.12 bits per heavy atom. The lowest BCUT2D eigenvalue weighted by molar-refractivity contribution is 0.164. The van der Waals surface area contributed by atoms with Gasteiger partial charge in [-0.1, -0.05) is 30.3 Å². The number of methoxy groups -OCH3 is 1. The second-order valence-electron chi connectivity index (χ2n) is 6.70. The topological polar surface area (TPSA) is 57.0 Å². The zero-order valence-corrected chi connectivity index (χ0v) is 14.5. The van der Waals surface area contributed by atoms with E-state index in [2.05, 4.69) is 35.2 Å². The van der Waals surface area contributed by atoms with Gasteiger partial charge in [-0.2, -0.15) is 0 Å². The predicted molar refractivity (Wildman–Crippen MR) is 96.4 cm³/mol. The Morgan fingerprint density at radius 2 is 1.92 bits per heavy atom. The maximum Gasteiger partial charge on any atom is 0.203 e. The van der Waals surface area contributed by atoms with Crippen LogP contribution in [0.1, 0.15) is 17.0 Å². The van der Waals surface area contributed by atoms with Gasteiger partial charge in [-0.3, -0.25) is 4.90 Å². The van der Waals surface area contributed by atoms with Crippen LogP contribution in [-0.2, 0) is 6.54 Å². The lowest BCUT2D eigenvalue weighted by Gasteiger charge is -2.23. The Bertz CT molecular complexity index is 718. The molecule has 5 nitrogen and oxygen atoms in total. The average Bonchev–Trinajstić information content (AvgIpc) is 3.02. The first-order chi connectivity index (χ1) is 12.2. The van der Waals surface area contributed by atoms with Crippen molar-refractivity contribution in [2.45, 2.75) is 18.5 Å². The zero-order chi connectivity index (χ0) is 17.2. The van der Waals surface area contributed by atoms with Gasteiger partial charge in [0.05, 0.1) is 7.11 Å². The minimum absolute atomic E-state index is 0.154. The van der Waals surface area contributed by atoms with Crippen LogP contribution in [-0.4, -0.2) is 44.4 Å². The molecule has 0 amide bonds. The molecule has 132 valence electrons. The molecule has 2 aliphatic rings. The van der Waals surface area contributed by atoms with Crippen molar-refractivity contribution in [3.63, 3.8) is 0 Å². The molecule has 0 spiro atoms. The predicted octanol–water partition coefficient (Wildman–Crippen LogP) is 2.39. The van der Waals surface area contributed by atoms with Gasteiger partial charge >= 0.3 is 0 Å². The first-order valence-corrected chi connectivity index (χ1v) is 8.74. The Kier molecular flexibility index (Phi) is 4.51. The number of rotatable bonds is 4. The van der Waals surface area contributed by atoms with Crippen LogP contribution in [0.5, 0.6) is 17.2 Å². The van der Waals surface area contributed by atoms with Crippen molar-refractivity contribution in [3.8, 4) is 17.2 Å². The number of likely N-dealkylation sites (tertiary alicyclic amines) is 1. The van der Waals surface area contributed by atoms with Crippen LogP contribution in [0.15, 0.2) is 42.5 Å². The summed E-state index contributed by atoms with van der Waals surface area (Å²) in [6, 6.07) is 14.8. The van der Waals surface area contributed by atoms with Gasteiger partial charge in [0.25, 0.3) is 0 Å². The van der Waals surface area contributed by atoms with Crippen LogP contribution in [0.2, 0.25) is 0 Å². The number of hydrogen-bond acceptors (Lipinski definition) is 5. The van der Waals surface area contributed by atoms with Crippen LogP contribution in [0.4, 0.5) is 0 Å². The highest BCUT2D eigenvalue weighted by Crippen LogP contribution is 2.41. The van der Waals surface area contributed by atoms with Gasteiger partial charge in [0, 0.05) is 31.6 Å². The molecular formula is C20H24N2O3. The van der Waals surface area contributed by atoms with E-state index in [4.69, 9.17) is 19.9 Å². The normalized spacial score (nSPS) is 22.8. The summed E-state index contributed by atoms with van der Waals surface area (Å²) in [4.78, 5) is 2.40. The van der Waals surface area contributed by atoms with E-state index in [1.54, 1.807) is 7.11 Å². The summed E-state index contributed by atoms with van der Waals surface area (Å²) in [5.41, 5.74) is 8.88. The Morgan fingerprint density at radius 3 is 2.72 bits per heavy atom. The largest absolute Gasteiger partial charge is 0.493 e. The first kappa shape index (κ1) is 16.2. The van der Waals surface area contributed by atoms with Crippen molar-refractivity contribution < 1.29 is 14.2 Å². The van der Waals surface area contributed by atoms with Gasteiger partial charge in [-0.15, -0.1) is 0 Å². The summed E-state index contributed by atoms with van der Waals surface area (Å²) in [6.45, 7) is 3.80. The maximum absolute atomic E-state index is 6.41. The van der Waals surface area contributed by atoms with E-state index >= 15 is 0 Å². The van der Waals surface area contributed by atoms with Gasteiger partial charge < -0.3 is 19.9 Å². The first-order valence-electron chi connectivity index (χ1n) is 8.74. The highest BCUT2D eigenvalue weighted by atomic mass is 16.6. The van der Waals surface area contributed by atoms with Crippen molar-refractivity contribution in [2.75, 3.05) is 33.4 Å². The summed E-state index contributed by atoms with van der Waals surface area (Å²) >= 11 is 0. The summed E-state index contributed by atoms with van der Waals surface area (Å²) in [5.74, 6) is 2.58. The number of benzene rings is 2. The molecule has 0 unspecified atom stereocenters. The lowest BCUT2D eigenvalue weighted by atomic mass is 9.95. The molecule has 5 heteroatoms. The average molecular weight is 340 g/mol. The van der Waals surface area contributed by atoms with Gasteiger partial charge in [-0.05, 0) is 23.3 Å². The SMILES string of the molecule is COc1cc(CN2C[C@@H](N)[C@H](c3ccccc3)C2)cc2c1OCCO2. The lowest BCUT2D eigenvalue weighted by Crippen LogP contribution is -2.28. The Labute approximate surface area is 148 Å². The molecule has 0 aliphatic carbocycles. The van der Waals surface area contributed by atoms with E-state index in [1.165, 1.54) is 5.56 Å². The molecule has 2 aliphatic heterocycles. The Balaban J connectivity index is 1.51. The van der Waals surface area contributed by atoms with E-state index in [1.807, 2.05) is 12.1 Å². The van der Waals surface area contributed by atoms with Crippen LogP contribution >= 0.6 is 0 Å². The molecule has 2 N–H and O–H groups in total. The van der Waals surface area contributed by atoms with Crippen LogP contribution in [0.25, 0.3) is 0 Å². The molecule has 2 atom stereocenters. The smallest absolute Gasteiger partial charge is 0.203 e. The van der Waals surface area contributed by atoms with Crippen LogP contribution in [0.3, 0.4) is 0 Å². The third kappa shape index (κ3) is 3.30. The molecular weight excluding hydrogens is 316 g/mol. The third-order valence-corrected chi connectivity index (χ3v) is 4.96. The van der Waals surface area contributed by atoms with E-state index in [0.717, 1.165) is 36.7 Å². The standard InChI is InChI=1S/C20H24N2O3/c1-23-18-9-14(10-19-20(18)25-8-7-24-19)11-22-12-16(17(21)13-22)15-5-3-2-4-6-15/h2-6,9-10,16-17H,7-8,11-13,21H2,1H3/t16-,17+/m0/s1. The molecule has 0 aromatic heterocycles. The molecule has 2 heterocycles. The Hall–Kier alpha value is -2.24. The van der Waals surface area contributed by atoms with Crippen molar-refractivity contribution in [1.82, 2.24) is 4.90 Å². The number of nitrogens with two attached hydrogens (primary N) is 1. The molecule has 0 bridgehead atoms. The summed E-state index contributed by atoms with van der Waals surface area (Å²) in [6.07, 6.45) is 0. The molecule has 4 rings (SSSR count). The van der Waals surface area contributed by atoms with E-state index in [-0.39, 0.29) is 6.04 Å². The van der Waals surface area contributed by atoms with Gasteiger partial charge in [0.2, 0.25) is 5.75 Å². The van der Waals surface area contributed by atoms with Crippen LogP contribution < -0.4 is 19.9 Å². The molecule has 2 aromatic rings.